The minimum absolute atomic E-state index is 0.0239. The molecule has 0 heterocycles. The van der Waals surface area contributed by atoms with Crippen LogP contribution < -0.4 is 9.47 Å². The molecule has 0 unspecified atom stereocenters. The molecule has 3 nitrogen and oxygen atoms in total. The maximum absolute atomic E-state index is 12.5. The molecule has 1 aromatic rings. The molecule has 0 fully saturated rings. The predicted octanol–water partition coefficient (Wildman–Crippen LogP) is 5.41. The Hall–Kier alpha value is -2.20. The Kier molecular flexibility index (Phi) is 6.92. The number of ether oxygens (including phenoxy) is 2. The summed E-state index contributed by atoms with van der Waals surface area (Å²) in [6, 6.07) is 3.90. The van der Waals surface area contributed by atoms with Gasteiger partial charge in [-0.3, -0.25) is 4.79 Å². The molecule has 0 N–H and O–H groups in total. The highest BCUT2D eigenvalue weighted by molar-refractivity contribution is 7.80. The molecule has 0 atom stereocenters. The minimum Gasteiger partial charge on any atom is -0.490 e. The molecular weight excluding hydrogens is 344 g/mol. The van der Waals surface area contributed by atoms with Crippen LogP contribution in [0.25, 0.3) is 6.08 Å². The van der Waals surface area contributed by atoms with E-state index >= 15 is 0 Å². The first-order valence-corrected chi connectivity index (χ1v) is 9.29. The second-order valence-corrected chi connectivity index (χ2v) is 7.34. The van der Waals surface area contributed by atoms with Crippen molar-refractivity contribution < 1.29 is 14.3 Å². The third-order valence-corrected chi connectivity index (χ3v) is 4.03. The van der Waals surface area contributed by atoms with Crippen LogP contribution in [0, 0.1) is 6.92 Å². The van der Waals surface area contributed by atoms with E-state index in [1.54, 1.807) is 18.2 Å². The summed E-state index contributed by atoms with van der Waals surface area (Å²) in [4.78, 5) is 13.3. The van der Waals surface area contributed by atoms with Gasteiger partial charge < -0.3 is 9.47 Å². The van der Waals surface area contributed by atoms with Crippen molar-refractivity contribution in [3.8, 4) is 11.5 Å². The number of hydrogen-bond acceptors (Lipinski definition) is 4. The van der Waals surface area contributed by atoms with Gasteiger partial charge in [0.05, 0.1) is 17.8 Å². The normalized spacial score (nSPS) is 14.3. The predicted molar refractivity (Wildman–Crippen MR) is 111 cm³/mol. The zero-order valence-corrected chi connectivity index (χ0v) is 16.9. The number of carbonyl (C=O) groups excluding carboxylic acids is 1. The van der Waals surface area contributed by atoms with Gasteiger partial charge >= 0.3 is 0 Å². The fourth-order valence-corrected chi connectivity index (χ4v) is 2.72. The summed E-state index contributed by atoms with van der Waals surface area (Å²) in [6.45, 7) is 9.90. The third kappa shape index (κ3) is 5.40. The van der Waals surface area contributed by atoms with Gasteiger partial charge in [0.1, 0.15) is 11.5 Å². The summed E-state index contributed by atoms with van der Waals surface area (Å²) in [5.74, 6) is 1.40. The van der Waals surface area contributed by atoms with Crippen molar-refractivity contribution in [3.05, 3.63) is 53.1 Å². The average molecular weight is 371 g/mol. The van der Waals surface area contributed by atoms with Crippen LogP contribution in [-0.2, 0) is 4.79 Å². The number of allylic oxidation sites excluding steroid dienone is 5. The van der Waals surface area contributed by atoms with E-state index in [1.807, 2.05) is 58.9 Å². The van der Waals surface area contributed by atoms with Gasteiger partial charge in [0.2, 0.25) is 0 Å². The monoisotopic (exact) mass is 370 g/mol. The van der Waals surface area contributed by atoms with Crippen molar-refractivity contribution >= 4 is 28.9 Å². The highest BCUT2D eigenvalue weighted by atomic mass is 32.1. The number of hydrogen-bond donors (Lipinski definition) is 0. The Bertz CT molecular complexity index is 783. The molecule has 0 saturated carbocycles. The zero-order chi connectivity index (χ0) is 19.3. The molecule has 4 heteroatoms. The van der Waals surface area contributed by atoms with Gasteiger partial charge in [-0.05, 0) is 64.5 Å². The summed E-state index contributed by atoms with van der Waals surface area (Å²) in [7, 11) is 0. The van der Waals surface area contributed by atoms with Gasteiger partial charge in [0, 0.05) is 16.9 Å². The molecule has 138 valence electrons. The summed E-state index contributed by atoms with van der Waals surface area (Å²) >= 11 is 5.12. The SMILES string of the molecule is Cc1ccc(OC(C)C)c(C=CC(=O)C2=CCC(=S)C=C2)c1OC(C)C. The van der Waals surface area contributed by atoms with Gasteiger partial charge in [0.25, 0.3) is 0 Å². The molecule has 1 aliphatic rings. The van der Waals surface area contributed by atoms with E-state index in [9.17, 15) is 4.79 Å². The van der Waals surface area contributed by atoms with E-state index in [4.69, 9.17) is 21.7 Å². The van der Waals surface area contributed by atoms with E-state index < -0.39 is 0 Å². The van der Waals surface area contributed by atoms with Crippen LogP contribution in [-0.4, -0.2) is 22.9 Å². The minimum atomic E-state index is -0.0590. The lowest BCUT2D eigenvalue weighted by atomic mass is 10.0. The Morgan fingerprint density at radius 3 is 2.38 bits per heavy atom. The second kappa shape index (κ2) is 8.95. The first kappa shape index (κ1) is 20.1. The molecule has 1 aromatic carbocycles. The molecular formula is C22H26O3S. The smallest absolute Gasteiger partial charge is 0.185 e. The second-order valence-electron chi connectivity index (χ2n) is 6.82. The van der Waals surface area contributed by atoms with E-state index in [0.717, 1.165) is 21.7 Å². The maximum atomic E-state index is 12.5. The van der Waals surface area contributed by atoms with Crippen LogP contribution in [0.4, 0.5) is 0 Å². The molecule has 0 amide bonds. The van der Waals surface area contributed by atoms with Gasteiger partial charge in [-0.25, -0.2) is 0 Å². The van der Waals surface area contributed by atoms with Crippen LogP contribution in [0.1, 0.15) is 45.2 Å². The van der Waals surface area contributed by atoms with E-state index in [0.29, 0.717) is 17.7 Å². The first-order valence-electron chi connectivity index (χ1n) is 8.88. The number of thiocarbonyl (C=S) groups is 1. The van der Waals surface area contributed by atoms with Crippen molar-refractivity contribution in [2.45, 2.75) is 53.2 Å². The summed E-state index contributed by atoms with van der Waals surface area (Å²) in [5.41, 5.74) is 2.45. The van der Waals surface area contributed by atoms with Crippen molar-refractivity contribution in [2.24, 2.45) is 0 Å². The summed E-state index contributed by atoms with van der Waals surface area (Å²) in [6.07, 6.45) is 9.48. The van der Waals surface area contributed by atoms with Crippen molar-refractivity contribution in [1.29, 1.82) is 0 Å². The molecule has 0 spiro atoms. The molecule has 2 rings (SSSR count). The zero-order valence-electron chi connectivity index (χ0n) is 16.0. The first-order chi connectivity index (χ1) is 12.3. The Morgan fingerprint density at radius 1 is 1.12 bits per heavy atom. The molecule has 0 aromatic heterocycles. The maximum Gasteiger partial charge on any atom is 0.185 e. The van der Waals surface area contributed by atoms with Gasteiger partial charge in [0.15, 0.2) is 5.78 Å². The largest absolute Gasteiger partial charge is 0.490 e. The Morgan fingerprint density at radius 2 is 1.81 bits per heavy atom. The number of rotatable bonds is 7. The van der Waals surface area contributed by atoms with Crippen molar-refractivity contribution in [2.75, 3.05) is 0 Å². The number of carbonyl (C=O) groups is 1. The standard InChI is InChI=1S/C22H26O3S/c1-14(2)24-21-13-6-16(5)22(25-15(3)4)19(21)11-12-20(23)17-7-9-18(26)10-8-17/h6-9,11-15H,10H2,1-5H3. The molecule has 0 saturated heterocycles. The van der Waals surface area contributed by atoms with Crippen LogP contribution in [0.2, 0.25) is 0 Å². The van der Waals surface area contributed by atoms with E-state index in [2.05, 4.69) is 0 Å². The molecule has 26 heavy (non-hydrogen) atoms. The highest BCUT2D eigenvalue weighted by Gasteiger charge is 2.15. The summed E-state index contributed by atoms with van der Waals surface area (Å²) < 4.78 is 11.9. The summed E-state index contributed by atoms with van der Waals surface area (Å²) in [5, 5.41) is 0. The average Bonchev–Trinajstić information content (AvgIpc) is 2.56. The molecule has 0 bridgehead atoms. The molecule has 1 aliphatic carbocycles. The number of aryl methyl sites for hydroxylation is 1. The van der Waals surface area contributed by atoms with Gasteiger partial charge in [-0.1, -0.05) is 30.4 Å². The topological polar surface area (TPSA) is 35.5 Å². The number of benzene rings is 1. The van der Waals surface area contributed by atoms with E-state index in [1.165, 1.54) is 0 Å². The van der Waals surface area contributed by atoms with Gasteiger partial charge in [-0.15, -0.1) is 0 Å². The lowest BCUT2D eigenvalue weighted by Gasteiger charge is -2.19. The van der Waals surface area contributed by atoms with Crippen molar-refractivity contribution in [3.63, 3.8) is 0 Å². The fourth-order valence-electron chi connectivity index (χ4n) is 2.56. The lowest BCUT2D eigenvalue weighted by Crippen LogP contribution is -2.11. The third-order valence-electron chi connectivity index (χ3n) is 3.73. The van der Waals surface area contributed by atoms with Gasteiger partial charge in [-0.2, -0.15) is 0 Å². The lowest BCUT2D eigenvalue weighted by molar-refractivity contribution is -0.111. The van der Waals surface area contributed by atoms with Crippen LogP contribution >= 0.6 is 12.2 Å². The van der Waals surface area contributed by atoms with Crippen LogP contribution in [0.5, 0.6) is 11.5 Å². The Balaban J connectivity index is 2.38. The molecule has 0 radical (unpaired) electrons. The van der Waals surface area contributed by atoms with E-state index in [-0.39, 0.29) is 18.0 Å². The van der Waals surface area contributed by atoms with Crippen molar-refractivity contribution in [1.82, 2.24) is 0 Å². The Labute approximate surface area is 161 Å². The number of ketones is 1. The highest BCUT2D eigenvalue weighted by Crippen LogP contribution is 2.35. The van der Waals surface area contributed by atoms with Crippen LogP contribution in [0.3, 0.4) is 0 Å². The fraction of sp³-hybridized carbons (Fsp3) is 0.364. The van der Waals surface area contributed by atoms with Crippen LogP contribution in [0.15, 0.2) is 42.0 Å². The quantitative estimate of drug-likeness (QED) is 0.475. The molecule has 0 aliphatic heterocycles.